The van der Waals surface area contributed by atoms with Crippen molar-refractivity contribution in [2.75, 3.05) is 6.54 Å². The molecule has 0 bridgehead atoms. The summed E-state index contributed by atoms with van der Waals surface area (Å²) in [5, 5.41) is 10.7. The van der Waals surface area contributed by atoms with Gasteiger partial charge in [0.05, 0.1) is 0 Å². The third-order valence-corrected chi connectivity index (χ3v) is 4.98. The van der Waals surface area contributed by atoms with E-state index >= 15 is 0 Å². The molecule has 0 spiro atoms. The monoisotopic (exact) mass is 313 g/mol. The van der Waals surface area contributed by atoms with Crippen molar-refractivity contribution in [1.82, 2.24) is 4.90 Å². The van der Waals surface area contributed by atoms with Crippen molar-refractivity contribution in [3.63, 3.8) is 0 Å². The summed E-state index contributed by atoms with van der Waals surface area (Å²) in [6, 6.07) is 5.06. The van der Waals surface area contributed by atoms with Gasteiger partial charge in [-0.15, -0.1) is 0 Å². The number of rotatable bonds is 3. The molecule has 1 heterocycles. The lowest BCUT2D eigenvalue weighted by atomic mass is 9.94. The van der Waals surface area contributed by atoms with Gasteiger partial charge >= 0.3 is 5.97 Å². The summed E-state index contributed by atoms with van der Waals surface area (Å²) >= 11 is 12.0. The SMILES string of the molecule is O=C(O)C1C2CCCC2CN1Cc1cc(Cl)cc(Cl)c1. The molecule has 1 aromatic carbocycles. The van der Waals surface area contributed by atoms with E-state index in [4.69, 9.17) is 23.2 Å². The van der Waals surface area contributed by atoms with E-state index < -0.39 is 5.97 Å². The summed E-state index contributed by atoms with van der Waals surface area (Å²) in [6.07, 6.45) is 3.35. The number of hydrogen-bond acceptors (Lipinski definition) is 2. The van der Waals surface area contributed by atoms with Crippen LogP contribution in [0.2, 0.25) is 10.0 Å². The van der Waals surface area contributed by atoms with Gasteiger partial charge in [-0.3, -0.25) is 9.69 Å². The first kappa shape index (κ1) is 14.2. The smallest absolute Gasteiger partial charge is 0.321 e. The number of nitrogens with zero attached hydrogens (tertiary/aromatic N) is 1. The summed E-state index contributed by atoms with van der Waals surface area (Å²) in [5.74, 6) is 0.139. The Morgan fingerprint density at radius 2 is 1.95 bits per heavy atom. The molecule has 1 saturated heterocycles. The van der Waals surface area contributed by atoms with Crippen LogP contribution >= 0.6 is 23.2 Å². The first-order valence-electron chi connectivity index (χ1n) is 6.96. The van der Waals surface area contributed by atoms with Crippen molar-refractivity contribution in [1.29, 1.82) is 0 Å². The molecule has 2 aliphatic rings. The van der Waals surface area contributed by atoms with E-state index in [1.807, 2.05) is 12.1 Å². The van der Waals surface area contributed by atoms with Crippen molar-refractivity contribution in [3.05, 3.63) is 33.8 Å². The molecule has 3 atom stereocenters. The van der Waals surface area contributed by atoms with Crippen LogP contribution < -0.4 is 0 Å². The van der Waals surface area contributed by atoms with Crippen molar-refractivity contribution >= 4 is 29.2 Å². The third kappa shape index (κ3) is 2.67. The van der Waals surface area contributed by atoms with Gasteiger partial charge < -0.3 is 5.11 Å². The van der Waals surface area contributed by atoms with Crippen LogP contribution in [-0.4, -0.2) is 28.6 Å². The number of carboxylic acid groups (broad SMARTS) is 1. The molecule has 0 aromatic heterocycles. The normalized spacial score (nSPS) is 29.6. The van der Waals surface area contributed by atoms with Crippen LogP contribution in [0.3, 0.4) is 0 Å². The summed E-state index contributed by atoms with van der Waals surface area (Å²) in [5.41, 5.74) is 0.980. The molecule has 0 radical (unpaired) electrons. The van der Waals surface area contributed by atoms with Crippen LogP contribution in [0.25, 0.3) is 0 Å². The minimum atomic E-state index is -0.701. The molecular formula is C15H17Cl2NO2. The molecule has 1 aliphatic heterocycles. The molecule has 3 unspecified atom stereocenters. The predicted octanol–water partition coefficient (Wildman–Crippen LogP) is 3.68. The van der Waals surface area contributed by atoms with Crippen LogP contribution in [0.15, 0.2) is 18.2 Å². The van der Waals surface area contributed by atoms with Gasteiger partial charge in [-0.2, -0.15) is 0 Å². The number of benzene rings is 1. The van der Waals surface area contributed by atoms with Gasteiger partial charge in [0, 0.05) is 23.1 Å². The average molecular weight is 314 g/mol. The Labute approximate surface area is 128 Å². The zero-order valence-electron chi connectivity index (χ0n) is 11.1. The maximum Gasteiger partial charge on any atom is 0.321 e. The number of hydrogen-bond donors (Lipinski definition) is 1. The lowest BCUT2D eigenvalue weighted by molar-refractivity contribution is -0.143. The highest BCUT2D eigenvalue weighted by molar-refractivity contribution is 6.34. The predicted molar refractivity (Wildman–Crippen MR) is 79.1 cm³/mol. The molecule has 1 saturated carbocycles. The molecule has 108 valence electrons. The molecule has 1 aromatic rings. The van der Waals surface area contributed by atoms with Gasteiger partial charge in [0.1, 0.15) is 6.04 Å². The highest BCUT2D eigenvalue weighted by atomic mass is 35.5. The van der Waals surface area contributed by atoms with Crippen LogP contribution in [0.5, 0.6) is 0 Å². The van der Waals surface area contributed by atoms with Crippen LogP contribution in [0.4, 0.5) is 0 Å². The summed E-state index contributed by atoms with van der Waals surface area (Å²) in [4.78, 5) is 13.7. The van der Waals surface area contributed by atoms with E-state index in [0.29, 0.717) is 28.4 Å². The highest BCUT2D eigenvalue weighted by Gasteiger charge is 2.47. The summed E-state index contributed by atoms with van der Waals surface area (Å²) in [6.45, 7) is 1.47. The highest BCUT2D eigenvalue weighted by Crippen LogP contribution is 2.42. The lowest BCUT2D eigenvalue weighted by Gasteiger charge is -2.24. The lowest BCUT2D eigenvalue weighted by Crippen LogP contribution is -2.39. The molecule has 3 rings (SSSR count). The van der Waals surface area contributed by atoms with E-state index in [9.17, 15) is 9.90 Å². The minimum Gasteiger partial charge on any atom is -0.480 e. The van der Waals surface area contributed by atoms with Crippen molar-refractivity contribution in [2.45, 2.75) is 31.8 Å². The van der Waals surface area contributed by atoms with Crippen LogP contribution in [-0.2, 0) is 11.3 Å². The topological polar surface area (TPSA) is 40.5 Å². The molecule has 20 heavy (non-hydrogen) atoms. The number of carbonyl (C=O) groups is 1. The van der Waals surface area contributed by atoms with Gasteiger partial charge in [-0.05, 0) is 48.4 Å². The van der Waals surface area contributed by atoms with Gasteiger partial charge in [0.15, 0.2) is 0 Å². The van der Waals surface area contributed by atoms with Crippen molar-refractivity contribution in [3.8, 4) is 0 Å². The Hall–Kier alpha value is -0.770. The maximum atomic E-state index is 11.6. The fourth-order valence-corrected chi connectivity index (χ4v) is 4.40. The van der Waals surface area contributed by atoms with Gasteiger partial charge in [-0.1, -0.05) is 29.6 Å². The minimum absolute atomic E-state index is 0.308. The first-order valence-corrected chi connectivity index (χ1v) is 7.72. The second-order valence-electron chi connectivity index (χ2n) is 5.85. The number of halogens is 2. The first-order chi connectivity index (χ1) is 9.54. The number of fused-ring (bicyclic) bond motifs is 1. The standard InChI is InChI=1S/C15H17Cl2NO2/c16-11-4-9(5-12(17)6-11)7-18-8-10-2-1-3-13(10)14(18)15(19)20/h4-6,10,13-14H,1-3,7-8H2,(H,19,20). The third-order valence-electron chi connectivity index (χ3n) is 4.55. The molecule has 1 N–H and O–H groups in total. The Morgan fingerprint density at radius 1 is 1.25 bits per heavy atom. The number of carboxylic acids is 1. The molecule has 2 fully saturated rings. The van der Waals surface area contributed by atoms with E-state index in [2.05, 4.69) is 4.90 Å². The van der Waals surface area contributed by atoms with E-state index in [-0.39, 0.29) is 6.04 Å². The Bertz CT molecular complexity index is 514. The van der Waals surface area contributed by atoms with Crippen LogP contribution in [0, 0.1) is 11.8 Å². The second kappa shape index (κ2) is 5.55. The van der Waals surface area contributed by atoms with Crippen molar-refractivity contribution in [2.24, 2.45) is 11.8 Å². The number of aliphatic carboxylic acids is 1. The van der Waals surface area contributed by atoms with E-state index in [0.717, 1.165) is 31.4 Å². The zero-order chi connectivity index (χ0) is 14.3. The molecule has 1 aliphatic carbocycles. The molecular weight excluding hydrogens is 297 g/mol. The summed E-state index contributed by atoms with van der Waals surface area (Å²) < 4.78 is 0. The Balaban J connectivity index is 1.81. The summed E-state index contributed by atoms with van der Waals surface area (Å²) in [7, 11) is 0. The average Bonchev–Trinajstić information content (AvgIpc) is 2.86. The Kier molecular flexibility index (Phi) is 3.93. The molecule has 5 heteroatoms. The maximum absolute atomic E-state index is 11.6. The number of likely N-dealkylation sites (tertiary alicyclic amines) is 1. The second-order valence-corrected chi connectivity index (χ2v) is 6.72. The fraction of sp³-hybridized carbons (Fsp3) is 0.533. The van der Waals surface area contributed by atoms with Gasteiger partial charge in [0.25, 0.3) is 0 Å². The van der Waals surface area contributed by atoms with Crippen LogP contribution in [0.1, 0.15) is 24.8 Å². The van der Waals surface area contributed by atoms with Gasteiger partial charge in [0.2, 0.25) is 0 Å². The largest absolute Gasteiger partial charge is 0.480 e. The molecule has 0 amide bonds. The van der Waals surface area contributed by atoms with E-state index in [1.165, 1.54) is 0 Å². The molecule has 3 nitrogen and oxygen atoms in total. The Morgan fingerprint density at radius 3 is 2.60 bits per heavy atom. The van der Waals surface area contributed by atoms with E-state index in [1.54, 1.807) is 6.07 Å². The fourth-order valence-electron chi connectivity index (χ4n) is 3.83. The zero-order valence-corrected chi connectivity index (χ0v) is 12.6. The van der Waals surface area contributed by atoms with Crippen molar-refractivity contribution < 1.29 is 9.90 Å². The van der Waals surface area contributed by atoms with Gasteiger partial charge in [-0.25, -0.2) is 0 Å². The quantitative estimate of drug-likeness (QED) is 0.925.